The Morgan fingerprint density at radius 1 is 1.58 bits per heavy atom. The number of hydrogen-bond acceptors (Lipinski definition) is 2. The number of benzene rings is 1. The molecule has 2 rings (SSSR count). The molecule has 1 fully saturated rings. The smallest absolute Gasteiger partial charge is 0.255 e. The number of amides is 1. The largest absolute Gasteiger partial charge is 0.334 e. The van der Waals surface area contributed by atoms with Gasteiger partial charge in [-0.3, -0.25) is 4.79 Å². The van der Waals surface area contributed by atoms with Crippen LogP contribution in [-0.4, -0.2) is 37.0 Å². The molecule has 1 aromatic carbocycles. The van der Waals surface area contributed by atoms with Gasteiger partial charge in [0.25, 0.3) is 5.91 Å². The van der Waals surface area contributed by atoms with E-state index in [9.17, 15) is 9.18 Å². The Balaban J connectivity index is 2.26. The summed E-state index contributed by atoms with van der Waals surface area (Å²) < 4.78 is 13.4. The molecule has 0 bridgehead atoms. The van der Waals surface area contributed by atoms with Crippen molar-refractivity contribution in [1.82, 2.24) is 10.2 Å². The van der Waals surface area contributed by atoms with E-state index in [0.717, 1.165) is 25.9 Å². The van der Waals surface area contributed by atoms with Crippen LogP contribution in [0.1, 0.15) is 28.8 Å². The van der Waals surface area contributed by atoms with Gasteiger partial charge in [0.2, 0.25) is 0 Å². The summed E-state index contributed by atoms with van der Waals surface area (Å²) in [6.45, 7) is 3.14. The maximum atomic E-state index is 13.4. The van der Waals surface area contributed by atoms with Gasteiger partial charge in [0.15, 0.2) is 0 Å². The average molecular weight is 285 g/mol. The fourth-order valence-electron chi connectivity index (χ4n) is 2.53. The summed E-state index contributed by atoms with van der Waals surface area (Å²) in [4.78, 5) is 14.3. The number of nitrogens with zero attached hydrogens (tertiary/aromatic N) is 1. The highest BCUT2D eigenvalue weighted by Gasteiger charge is 2.30. The van der Waals surface area contributed by atoms with Crippen LogP contribution in [0.2, 0.25) is 5.02 Å². The summed E-state index contributed by atoms with van der Waals surface area (Å²) in [5, 5.41) is 3.28. The van der Waals surface area contributed by atoms with Crippen molar-refractivity contribution in [2.45, 2.75) is 25.8 Å². The summed E-state index contributed by atoms with van der Waals surface area (Å²) in [7, 11) is 1.87. The van der Waals surface area contributed by atoms with Crippen molar-refractivity contribution in [2.24, 2.45) is 0 Å². The van der Waals surface area contributed by atoms with Crippen molar-refractivity contribution < 1.29 is 9.18 Å². The highest BCUT2D eigenvalue weighted by Crippen LogP contribution is 2.25. The second kappa shape index (κ2) is 5.88. The quantitative estimate of drug-likeness (QED) is 0.925. The summed E-state index contributed by atoms with van der Waals surface area (Å²) in [5.41, 5.74) is 0.834. The maximum absolute atomic E-state index is 13.4. The first-order valence-electron chi connectivity index (χ1n) is 6.45. The van der Waals surface area contributed by atoms with Gasteiger partial charge >= 0.3 is 0 Å². The van der Waals surface area contributed by atoms with Gasteiger partial charge in [-0.1, -0.05) is 11.6 Å². The van der Waals surface area contributed by atoms with E-state index in [1.807, 2.05) is 11.9 Å². The van der Waals surface area contributed by atoms with Gasteiger partial charge in [-0.15, -0.1) is 0 Å². The van der Waals surface area contributed by atoms with E-state index in [4.69, 9.17) is 11.6 Å². The lowest BCUT2D eigenvalue weighted by molar-refractivity contribution is 0.0737. The molecule has 104 valence electrons. The minimum Gasteiger partial charge on any atom is -0.334 e. The highest BCUT2D eigenvalue weighted by molar-refractivity contribution is 6.33. The predicted molar refractivity (Wildman–Crippen MR) is 74.1 cm³/mol. The van der Waals surface area contributed by atoms with Gasteiger partial charge in [-0.05, 0) is 44.5 Å². The van der Waals surface area contributed by atoms with Crippen LogP contribution >= 0.6 is 11.6 Å². The Kier molecular flexibility index (Phi) is 4.42. The summed E-state index contributed by atoms with van der Waals surface area (Å²) >= 11 is 6.00. The van der Waals surface area contributed by atoms with Crippen molar-refractivity contribution in [3.8, 4) is 0 Å². The SMILES string of the molecule is CNC[C@H]1CCCN1C(=O)c1cc(C)c(F)cc1Cl. The Morgan fingerprint density at radius 3 is 3.00 bits per heavy atom. The van der Waals surface area contributed by atoms with Crippen molar-refractivity contribution in [2.75, 3.05) is 20.1 Å². The first-order valence-corrected chi connectivity index (χ1v) is 6.83. The second-order valence-corrected chi connectivity index (χ2v) is 5.34. The lowest BCUT2D eigenvalue weighted by atomic mass is 10.1. The van der Waals surface area contributed by atoms with E-state index in [1.54, 1.807) is 6.92 Å². The zero-order chi connectivity index (χ0) is 14.0. The third kappa shape index (κ3) is 2.90. The summed E-state index contributed by atoms with van der Waals surface area (Å²) in [5.74, 6) is -0.486. The zero-order valence-electron chi connectivity index (χ0n) is 11.2. The Morgan fingerprint density at radius 2 is 2.32 bits per heavy atom. The number of hydrogen-bond donors (Lipinski definition) is 1. The third-order valence-electron chi connectivity index (χ3n) is 3.56. The highest BCUT2D eigenvalue weighted by atomic mass is 35.5. The van der Waals surface area contributed by atoms with E-state index in [1.165, 1.54) is 12.1 Å². The summed E-state index contributed by atoms with van der Waals surface area (Å²) in [6.07, 6.45) is 1.99. The second-order valence-electron chi connectivity index (χ2n) is 4.93. The number of aryl methyl sites for hydroxylation is 1. The number of nitrogens with one attached hydrogen (secondary N) is 1. The molecule has 1 N–H and O–H groups in total. The maximum Gasteiger partial charge on any atom is 0.255 e. The molecule has 0 spiro atoms. The number of carbonyl (C=O) groups is 1. The van der Waals surface area contributed by atoms with Crippen LogP contribution in [0.25, 0.3) is 0 Å². The molecule has 0 aliphatic carbocycles. The molecule has 0 aromatic heterocycles. The number of rotatable bonds is 3. The van der Waals surface area contributed by atoms with E-state index < -0.39 is 0 Å². The number of halogens is 2. The Hall–Kier alpha value is -1.13. The topological polar surface area (TPSA) is 32.3 Å². The van der Waals surface area contributed by atoms with Crippen molar-refractivity contribution in [1.29, 1.82) is 0 Å². The fraction of sp³-hybridized carbons (Fsp3) is 0.500. The molecule has 19 heavy (non-hydrogen) atoms. The molecule has 3 nitrogen and oxygen atoms in total. The van der Waals surface area contributed by atoms with Gasteiger partial charge in [-0.25, -0.2) is 4.39 Å². The van der Waals surface area contributed by atoms with Gasteiger partial charge in [0, 0.05) is 19.1 Å². The van der Waals surface area contributed by atoms with Crippen LogP contribution < -0.4 is 5.32 Å². The average Bonchev–Trinajstić information content (AvgIpc) is 2.82. The standard InChI is InChI=1S/C14H18ClFN2O/c1-9-6-11(12(15)7-13(9)16)14(19)18-5-3-4-10(18)8-17-2/h6-7,10,17H,3-5,8H2,1-2H3/t10-/m1/s1. The van der Waals surface area contributed by atoms with Crippen LogP contribution in [0.4, 0.5) is 4.39 Å². The van der Waals surface area contributed by atoms with Crippen LogP contribution in [0.5, 0.6) is 0 Å². The molecule has 1 aromatic rings. The molecule has 1 heterocycles. The van der Waals surface area contributed by atoms with E-state index >= 15 is 0 Å². The van der Waals surface area contributed by atoms with Gasteiger partial charge in [0.1, 0.15) is 5.82 Å². The Bertz CT molecular complexity index is 493. The van der Waals surface area contributed by atoms with Crippen LogP contribution in [0.15, 0.2) is 12.1 Å². The molecule has 0 saturated carbocycles. The predicted octanol–water partition coefficient (Wildman–Crippen LogP) is 2.61. The van der Waals surface area contributed by atoms with E-state index in [2.05, 4.69) is 5.32 Å². The molecule has 1 atom stereocenters. The molecule has 5 heteroatoms. The lowest BCUT2D eigenvalue weighted by Crippen LogP contribution is -2.41. The van der Waals surface area contributed by atoms with Crippen molar-refractivity contribution in [3.05, 3.63) is 34.1 Å². The van der Waals surface area contributed by atoms with Gasteiger partial charge in [0.05, 0.1) is 10.6 Å². The molecule has 1 aliphatic rings. The minimum absolute atomic E-state index is 0.106. The van der Waals surface area contributed by atoms with Crippen molar-refractivity contribution in [3.63, 3.8) is 0 Å². The zero-order valence-corrected chi connectivity index (χ0v) is 11.9. The molecule has 1 amide bonds. The summed E-state index contributed by atoms with van der Waals surface area (Å²) in [6, 6.07) is 2.95. The Labute approximate surface area is 117 Å². The first-order chi connectivity index (χ1) is 9.04. The third-order valence-corrected chi connectivity index (χ3v) is 3.87. The molecule has 1 saturated heterocycles. The molecule has 1 aliphatic heterocycles. The van der Waals surface area contributed by atoms with E-state index in [-0.39, 0.29) is 22.8 Å². The van der Waals surface area contributed by atoms with Gasteiger partial charge in [-0.2, -0.15) is 0 Å². The molecule has 0 unspecified atom stereocenters. The van der Waals surface area contributed by atoms with Crippen LogP contribution in [-0.2, 0) is 0 Å². The first kappa shape index (κ1) is 14.3. The molecule has 0 radical (unpaired) electrons. The monoisotopic (exact) mass is 284 g/mol. The van der Waals surface area contributed by atoms with Crippen LogP contribution in [0, 0.1) is 12.7 Å². The molecular weight excluding hydrogens is 267 g/mol. The normalized spacial score (nSPS) is 18.9. The fourth-order valence-corrected chi connectivity index (χ4v) is 2.76. The van der Waals surface area contributed by atoms with Gasteiger partial charge < -0.3 is 10.2 Å². The van der Waals surface area contributed by atoms with Crippen molar-refractivity contribution >= 4 is 17.5 Å². The van der Waals surface area contributed by atoms with E-state index in [0.29, 0.717) is 11.1 Å². The minimum atomic E-state index is -0.380. The number of carbonyl (C=O) groups excluding carboxylic acids is 1. The molecular formula is C14H18ClFN2O. The van der Waals surface area contributed by atoms with Crippen LogP contribution in [0.3, 0.4) is 0 Å². The number of likely N-dealkylation sites (N-methyl/N-ethyl adjacent to an activating group) is 1. The lowest BCUT2D eigenvalue weighted by Gasteiger charge is -2.25. The number of likely N-dealkylation sites (tertiary alicyclic amines) is 1.